The molecule has 380 valence electrons. The molecular formula is C33H42Fe4N6O24. The van der Waals surface area contributed by atoms with Crippen LogP contribution in [0.25, 0.3) is 0 Å². The van der Waals surface area contributed by atoms with Crippen molar-refractivity contribution in [1.82, 2.24) is 0 Å². The molecule has 0 aromatic carbocycles. The smallest absolute Gasteiger partial charge is 0.550 e. The molecule has 0 atom stereocenters. The summed E-state index contributed by atoms with van der Waals surface area (Å²) in [6, 6.07) is 0. The maximum Gasteiger partial charge on any atom is 3.00 e. The summed E-state index contributed by atoms with van der Waals surface area (Å²) >= 11 is 0. The maximum atomic E-state index is 10.6. The summed E-state index contributed by atoms with van der Waals surface area (Å²) < 4.78 is 0. The first-order valence-corrected chi connectivity index (χ1v) is 17.2. The minimum Gasteiger partial charge on any atom is -0.550 e. The standard InChI is InChI=1S/3C11H18N2O8.4Fe/c3*12-10(1-6(14)15,2-7(16)17)5-11(13,3-8(18)19)4-9(20)21;;;;/h3*1-5,12-13H2,(H,14,15)(H,16,17)(H,18,19)(H,20,21);;;;/q;;;4*+3/p-12. The van der Waals surface area contributed by atoms with Gasteiger partial charge in [-0.3, -0.25) is 0 Å². The Morgan fingerprint density at radius 3 is 0.313 bits per heavy atom. The Hall–Kier alpha value is -4.52. The molecule has 0 saturated carbocycles. The van der Waals surface area contributed by atoms with E-state index in [1.165, 1.54) is 0 Å². The minimum atomic E-state index is -2.03. The fraction of sp³-hybridized carbons (Fsp3) is 0.636. The van der Waals surface area contributed by atoms with Gasteiger partial charge in [0.2, 0.25) is 0 Å². The van der Waals surface area contributed by atoms with E-state index in [2.05, 4.69) is 0 Å². The molecule has 30 nitrogen and oxygen atoms in total. The van der Waals surface area contributed by atoms with Crippen LogP contribution in [0, 0.1) is 0 Å². The molecule has 0 aliphatic heterocycles. The molecule has 0 aliphatic carbocycles. The van der Waals surface area contributed by atoms with Crippen molar-refractivity contribution in [2.24, 2.45) is 34.4 Å². The van der Waals surface area contributed by atoms with Gasteiger partial charge in [-0.05, 0) is 19.3 Å². The zero-order valence-corrected chi connectivity index (χ0v) is 38.7. The van der Waals surface area contributed by atoms with E-state index in [1.807, 2.05) is 0 Å². The van der Waals surface area contributed by atoms with E-state index in [1.54, 1.807) is 0 Å². The molecule has 0 aromatic rings. The van der Waals surface area contributed by atoms with Gasteiger partial charge in [-0.25, -0.2) is 0 Å². The van der Waals surface area contributed by atoms with Gasteiger partial charge in [-0.15, -0.1) is 0 Å². The molecule has 4 radical (unpaired) electrons. The fourth-order valence-electron chi connectivity index (χ4n) is 6.68. The van der Waals surface area contributed by atoms with Crippen LogP contribution in [0.4, 0.5) is 0 Å². The number of hydrogen-bond acceptors (Lipinski definition) is 30. The van der Waals surface area contributed by atoms with Gasteiger partial charge in [0, 0.05) is 182 Å². The average molecular weight is 1130 g/mol. The Morgan fingerprint density at radius 1 is 0.209 bits per heavy atom. The van der Waals surface area contributed by atoms with E-state index in [-0.39, 0.29) is 68.3 Å². The largest absolute Gasteiger partial charge is 3.00 e. The zero-order chi connectivity index (χ0) is 50.5. The first-order chi connectivity index (χ1) is 28.1. The Bertz CT molecular complexity index is 1340. The molecular weight excluding hydrogens is 1090 g/mol. The quantitative estimate of drug-likeness (QED) is 0.0364. The average Bonchev–Trinajstić information content (AvgIpc) is 2.90. The minimum absolute atomic E-state index is 0. The number of carbonyl (C=O) groups is 12. The van der Waals surface area contributed by atoms with Gasteiger partial charge in [-0.2, -0.15) is 0 Å². The maximum absolute atomic E-state index is 10.6. The molecule has 0 heterocycles. The topological polar surface area (TPSA) is 638 Å². The number of carbonyl (C=O) groups excluding carboxylic acids is 12. The molecule has 0 spiro atoms. The van der Waals surface area contributed by atoms with Crippen LogP contribution in [0.15, 0.2) is 0 Å². The Balaban J connectivity index is -0.000000157. The third-order valence-corrected chi connectivity index (χ3v) is 8.07. The van der Waals surface area contributed by atoms with Crippen LogP contribution in [-0.2, 0) is 126 Å². The number of carboxylic acid groups (broad SMARTS) is 12. The number of aliphatic carboxylic acids is 12. The summed E-state index contributed by atoms with van der Waals surface area (Å²) in [5.74, 6) is -20.5. The van der Waals surface area contributed by atoms with Gasteiger partial charge in [0.15, 0.2) is 0 Å². The molecule has 67 heavy (non-hydrogen) atoms. The third kappa shape index (κ3) is 40.3. The van der Waals surface area contributed by atoms with Crippen LogP contribution >= 0.6 is 0 Å². The van der Waals surface area contributed by atoms with Crippen molar-refractivity contribution >= 4 is 71.6 Å². The summed E-state index contributed by atoms with van der Waals surface area (Å²) in [6.07, 6.45) is -13.9. The van der Waals surface area contributed by atoms with Crippen LogP contribution in [0.2, 0.25) is 0 Å². The van der Waals surface area contributed by atoms with Gasteiger partial charge in [-0.1, -0.05) is 0 Å². The van der Waals surface area contributed by atoms with Crippen LogP contribution in [0.5, 0.6) is 0 Å². The first-order valence-electron chi connectivity index (χ1n) is 17.2. The summed E-state index contributed by atoms with van der Waals surface area (Å²) in [5, 5.41) is 127. The van der Waals surface area contributed by atoms with Crippen molar-refractivity contribution in [2.45, 2.75) is 130 Å². The van der Waals surface area contributed by atoms with Crippen molar-refractivity contribution in [3.8, 4) is 0 Å². The van der Waals surface area contributed by atoms with Gasteiger partial charge in [0.05, 0.1) is 0 Å². The van der Waals surface area contributed by atoms with E-state index in [4.69, 9.17) is 34.4 Å². The third-order valence-electron chi connectivity index (χ3n) is 8.07. The van der Waals surface area contributed by atoms with Crippen LogP contribution in [0.3, 0.4) is 0 Å². The Kier molecular flexibility index (Phi) is 37.9. The molecule has 34 heteroatoms. The summed E-state index contributed by atoms with van der Waals surface area (Å²) in [5.41, 5.74) is 21.4. The molecule has 0 bridgehead atoms. The molecule has 0 amide bonds. The van der Waals surface area contributed by atoms with Crippen LogP contribution in [-0.4, -0.2) is 105 Å². The van der Waals surface area contributed by atoms with E-state index in [9.17, 15) is 119 Å². The molecule has 0 aromatic heterocycles. The normalized spacial score (nSPS) is 11.2. The van der Waals surface area contributed by atoms with Crippen molar-refractivity contribution < 1.29 is 187 Å². The van der Waals surface area contributed by atoms with E-state index in [0.29, 0.717) is 0 Å². The molecule has 12 N–H and O–H groups in total. The van der Waals surface area contributed by atoms with E-state index in [0.717, 1.165) is 0 Å². The summed E-state index contributed by atoms with van der Waals surface area (Å²) in [7, 11) is 0. The Morgan fingerprint density at radius 2 is 0.269 bits per heavy atom. The van der Waals surface area contributed by atoms with E-state index >= 15 is 0 Å². The second-order valence-electron chi connectivity index (χ2n) is 15.3. The Labute approximate surface area is 420 Å². The second kappa shape index (κ2) is 33.1. The number of carboxylic acids is 12. The number of hydrogen-bond donors (Lipinski definition) is 6. The zero-order valence-electron chi connectivity index (χ0n) is 34.3. The predicted molar refractivity (Wildman–Crippen MR) is 171 cm³/mol. The summed E-state index contributed by atoms with van der Waals surface area (Å²) in [4.78, 5) is 127. The monoisotopic (exact) mass is 1130 g/mol. The van der Waals surface area contributed by atoms with Gasteiger partial charge in [0.25, 0.3) is 0 Å². The van der Waals surface area contributed by atoms with Crippen molar-refractivity contribution in [2.75, 3.05) is 0 Å². The van der Waals surface area contributed by atoms with Crippen molar-refractivity contribution in [3.05, 3.63) is 0 Å². The molecule has 0 aliphatic rings. The van der Waals surface area contributed by atoms with Crippen molar-refractivity contribution in [3.63, 3.8) is 0 Å². The van der Waals surface area contributed by atoms with Crippen LogP contribution < -0.4 is 95.7 Å². The van der Waals surface area contributed by atoms with Gasteiger partial charge in [0.1, 0.15) is 0 Å². The molecule has 0 saturated heterocycles. The van der Waals surface area contributed by atoms with Gasteiger partial charge < -0.3 is 153 Å². The van der Waals surface area contributed by atoms with Gasteiger partial charge >= 0.3 is 68.3 Å². The molecule has 0 rings (SSSR count). The second-order valence-corrected chi connectivity index (χ2v) is 15.3. The van der Waals surface area contributed by atoms with Crippen LogP contribution in [0.1, 0.15) is 96.3 Å². The van der Waals surface area contributed by atoms with Crippen molar-refractivity contribution in [1.29, 1.82) is 0 Å². The first kappa shape index (κ1) is 76.7. The van der Waals surface area contributed by atoms with E-state index < -0.39 is 201 Å². The SMILES string of the molecule is NC(CC(=O)[O-])(CC(=O)[O-])CC(N)(CC(=O)[O-])CC(=O)[O-].NC(CC(=O)[O-])(CC(=O)[O-])CC(N)(CC(=O)[O-])CC(=O)[O-].NC(CC(=O)[O-])(CC(=O)[O-])CC(N)(CC(=O)[O-])CC(=O)[O-].[Fe+3].[Fe+3].[Fe+3].[Fe+3]. The molecule has 0 unspecified atom stereocenters. The number of rotatable bonds is 30. The molecule has 0 fully saturated rings. The number of nitrogens with two attached hydrogens (primary N) is 6. The summed E-state index contributed by atoms with van der Waals surface area (Å²) in [6.45, 7) is 0. The fourth-order valence-corrected chi connectivity index (χ4v) is 6.68. The predicted octanol–water partition coefficient (Wildman–Crippen LogP) is -20.0.